The van der Waals surface area contributed by atoms with Gasteiger partial charge in [0.05, 0.1) is 6.42 Å². The minimum absolute atomic E-state index is 0.0690. The van der Waals surface area contributed by atoms with Gasteiger partial charge < -0.3 is 10.5 Å². The third kappa shape index (κ3) is 3.79. The van der Waals surface area contributed by atoms with Gasteiger partial charge in [-0.15, -0.1) is 0 Å². The fourth-order valence-electron chi connectivity index (χ4n) is 1.17. The highest BCUT2D eigenvalue weighted by atomic mass is 19.4. The molecule has 0 aromatic carbocycles. The third-order valence-corrected chi connectivity index (χ3v) is 1.95. The number of anilines is 1. The van der Waals surface area contributed by atoms with E-state index < -0.39 is 19.2 Å². The lowest BCUT2D eigenvalue weighted by molar-refractivity contribution is -0.139. The third-order valence-electron chi connectivity index (χ3n) is 1.95. The Bertz CT molecular complexity index is 541. The van der Waals surface area contributed by atoms with Crippen LogP contribution in [0, 0.1) is 0 Å². The first-order valence-electron chi connectivity index (χ1n) is 5.15. The molecular formula is C9H9F3N6O. The summed E-state index contributed by atoms with van der Waals surface area (Å²) < 4.78 is 42.0. The Morgan fingerprint density at radius 3 is 2.68 bits per heavy atom. The van der Waals surface area contributed by atoms with Crippen molar-refractivity contribution < 1.29 is 17.9 Å². The fourth-order valence-corrected chi connectivity index (χ4v) is 1.17. The molecule has 0 atom stereocenters. The van der Waals surface area contributed by atoms with E-state index >= 15 is 0 Å². The molecule has 2 rings (SSSR count). The van der Waals surface area contributed by atoms with Gasteiger partial charge in [0.2, 0.25) is 5.95 Å². The Hall–Kier alpha value is -2.39. The Kier molecular flexibility index (Phi) is 3.49. The van der Waals surface area contributed by atoms with Crippen LogP contribution in [0.15, 0.2) is 18.5 Å². The summed E-state index contributed by atoms with van der Waals surface area (Å²) in [6.07, 6.45) is -2.36. The molecule has 0 amide bonds. The van der Waals surface area contributed by atoms with Gasteiger partial charge in [-0.1, -0.05) is 0 Å². The maximum Gasteiger partial charge on any atom is 0.392 e. The van der Waals surface area contributed by atoms with Crippen LogP contribution in [0.3, 0.4) is 0 Å². The molecule has 19 heavy (non-hydrogen) atoms. The number of nitrogens with zero attached hydrogens (tertiary/aromatic N) is 5. The van der Waals surface area contributed by atoms with Gasteiger partial charge in [-0.2, -0.15) is 33.2 Å². The van der Waals surface area contributed by atoms with Crippen LogP contribution in [0.25, 0.3) is 5.95 Å². The molecular weight excluding hydrogens is 265 g/mol. The summed E-state index contributed by atoms with van der Waals surface area (Å²) in [7, 11) is 0. The second kappa shape index (κ2) is 5.08. The quantitative estimate of drug-likeness (QED) is 0.893. The zero-order valence-electron chi connectivity index (χ0n) is 9.50. The monoisotopic (exact) mass is 274 g/mol. The average Bonchev–Trinajstić information content (AvgIpc) is 2.79. The molecule has 0 spiro atoms. The lowest BCUT2D eigenvalue weighted by Gasteiger charge is -2.08. The topological polar surface area (TPSA) is 91.7 Å². The second-order valence-corrected chi connectivity index (χ2v) is 3.44. The van der Waals surface area contributed by atoms with Gasteiger partial charge in [0.25, 0.3) is 5.95 Å². The van der Waals surface area contributed by atoms with Crippen LogP contribution >= 0.6 is 0 Å². The Morgan fingerprint density at radius 2 is 2.05 bits per heavy atom. The van der Waals surface area contributed by atoms with Crippen molar-refractivity contribution in [2.75, 3.05) is 12.3 Å². The SMILES string of the molecule is Nc1nc(OCCC(F)(F)F)nc(-n2cccn2)n1. The number of alkyl halides is 3. The lowest BCUT2D eigenvalue weighted by atomic mass is 10.4. The molecule has 0 saturated heterocycles. The van der Waals surface area contributed by atoms with E-state index in [1.165, 1.54) is 10.9 Å². The Labute approximate surface area is 105 Å². The number of ether oxygens (including phenoxy) is 1. The van der Waals surface area contributed by atoms with Crippen LogP contribution in [0.2, 0.25) is 0 Å². The zero-order chi connectivity index (χ0) is 13.9. The maximum atomic E-state index is 12.0. The van der Waals surface area contributed by atoms with Crippen molar-refractivity contribution in [3.63, 3.8) is 0 Å². The molecule has 7 nitrogen and oxygen atoms in total. The van der Waals surface area contributed by atoms with Crippen LogP contribution < -0.4 is 10.5 Å². The first kappa shape index (κ1) is 13.1. The number of hydrogen-bond donors (Lipinski definition) is 1. The first-order valence-corrected chi connectivity index (χ1v) is 5.15. The molecule has 0 radical (unpaired) electrons. The maximum absolute atomic E-state index is 12.0. The van der Waals surface area contributed by atoms with Gasteiger partial charge in [0, 0.05) is 12.4 Å². The summed E-state index contributed by atoms with van der Waals surface area (Å²) in [5.41, 5.74) is 5.42. The summed E-state index contributed by atoms with van der Waals surface area (Å²) in [4.78, 5) is 11.2. The van der Waals surface area contributed by atoms with Crippen molar-refractivity contribution in [2.45, 2.75) is 12.6 Å². The average molecular weight is 274 g/mol. The van der Waals surface area contributed by atoms with Crippen LogP contribution in [-0.4, -0.2) is 37.5 Å². The molecule has 10 heteroatoms. The smallest absolute Gasteiger partial charge is 0.392 e. The molecule has 2 aromatic rings. The first-order chi connectivity index (χ1) is 8.94. The van der Waals surface area contributed by atoms with Gasteiger partial charge in [0.1, 0.15) is 6.61 Å². The lowest BCUT2D eigenvalue weighted by Crippen LogP contribution is -2.15. The predicted molar refractivity (Wildman–Crippen MR) is 57.5 cm³/mol. The zero-order valence-corrected chi connectivity index (χ0v) is 9.50. The minimum Gasteiger partial charge on any atom is -0.463 e. The number of rotatable bonds is 4. The molecule has 0 aliphatic rings. The van der Waals surface area contributed by atoms with Gasteiger partial charge in [-0.25, -0.2) is 4.68 Å². The van der Waals surface area contributed by atoms with Crippen molar-refractivity contribution in [3.05, 3.63) is 18.5 Å². The molecule has 2 heterocycles. The molecule has 2 N–H and O–H groups in total. The van der Waals surface area contributed by atoms with Crippen LogP contribution in [0.4, 0.5) is 19.1 Å². The largest absolute Gasteiger partial charge is 0.463 e. The van der Waals surface area contributed by atoms with Crippen molar-refractivity contribution in [3.8, 4) is 12.0 Å². The molecule has 0 unspecified atom stereocenters. The molecule has 0 aliphatic carbocycles. The number of halogens is 3. The van der Waals surface area contributed by atoms with Gasteiger partial charge in [-0.3, -0.25) is 0 Å². The van der Waals surface area contributed by atoms with E-state index in [0.717, 1.165) is 0 Å². The number of aromatic nitrogens is 5. The number of nitrogen functional groups attached to an aromatic ring is 1. The van der Waals surface area contributed by atoms with Crippen LogP contribution in [0.1, 0.15) is 6.42 Å². The fraction of sp³-hybridized carbons (Fsp3) is 0.333. The highest BCUT2D eigenvalue weighted by Crippen LogP contribution is 2.19. The van der Waals surface area contributed by atoms with E-state index in [0.29, 0.717) is 0 Å². The summed E-state index contributed by atoms with van der Waals surface area (Å²) >= 11 is 0. The van der Waals surface area contributed by atoms with Crippen molar-refractivity contribution in [2.24, 2.45) is 0 Å². The predicted octanol–water partition coefficient (Wildman–Crippen LogP) is 0.971. The highest BCUT2D eigenvalue weighted by Gasteiger charge is 2.27. The number of hydrogen-bond acceptors (Lipinski definition) is 6. The standard InChI is InChI=1S/C9H9F3N6O/c10-9(11,12)2-5-19-8-16-6(13)15-7(17-8)18-4-1-3-14-18/h1,3-4H,2,5H2,(H2,13,15,16,17). The molecule has 102 valence electrons. The highest BCUT2D eigenvalue weighted by molar-refractivity contribution is 5.24. The molecule has 0 saturated carbocycles. The van der Waals surface area contributed by atoms with E-state index in [-0.39, 0.29) is 17.9 Å². The molecule has 2 aromatic heterocycles. The van der Waals surface area contributed by atoms with Crippen molar-refractivity contribution in [1.29, 1.82) is 0 Å². The molecule has 0 fully saturated rings. The Morgan fingerprint density at radius 1 is 1.26 bits per heavy atom. The molecule has 0 aliphatic heterocycles. The summed E-state index contributed by atoms with van der Waals surface area (Å²) in [5, 5.41) is 3.86. The summed E-state index contributed by atoms with van der Waals surface area (Å²) in [6.45, 7) is -0.592. The number of nitrogens with two attached hydrogens (primary N) is 1. The normalized spacial score (nSPS) is 11.5. The van der Waals surface area contributed by atoms with Crippen molar-refractivity contribution >= 4 is 5.95 Å². The van der Waals surface area contributed by atoms with E-state index in [1.54, 1.807) is 12.3 Å². The Balaban J connectivity index is 2.09. The summed E-state index contributed by atoms with van der Waals surface area (Å²) in [5.74, 6) is -0.0954. The van der Waals surface area contributed by atoms with Gasteiger partial charge in [0.15, 0.2) is 0 Å². The molecule has 0 bridgehead atoms. The summed E-state index contributed by atoms with van der Waals surface area (Å²) in [6, 6.07) is 1.35. The van der Waals surface area contributed by atoms with Crippen molar-refractivity contribution in [1.82, 2.24) is 24.7 Å². The van der Waals surface area contributed by atoms with Gasteiger partial charge >= 0.3 is 12.2 Å². The van der Waals surface area contributed by atoms with Crippen LogP contribution in [0.5, 0.6) is 6.01 Å². The van der Waals surface area contributed by atoms with E-state index in [2.05, 4.69) is 20.1 Å². The van der Waals surface area contributed by atoms with Gasteiger partial charge in [-0.05, 0) is 6.07 Å². The van der Waals surface area contributed by atoms with E-state index in [4.69, 9.17) is 10.5 Å². The van der Waals surface area contributed by atoms with E-state index in [9.17, 15) is 13.2 Å². The second-order valence-electron chi connectivity index (χ2n) is 3.44. The van der Waals surface area contributed by atoms with Crippen LogP contribution in [-0.2, 0) is 0 Å². The van der Waals surface area contributed by atoms with E-state index in [1.807, 2.05) is 0 Å². The minimum atomic E-state index is -4.30.